The molecule has 1 saturated heterocycles. The molecule has 4 rings (SSSR count). The quantitative estimate of drug-likeness (QED) is 0.804. The van der Waals surface area contributed by atoms with E-state index >= 15 is 0 Å². The fourth-order valence-corrected chi connectivity index (χ4v) is 3.38. The minimum absolute atomic E-state index is 0.0405. The summed E-state index contributed by atoms with van der Waals surface area (Å²) in [6.07, 6.45) is 1.14. The molecule has 0 unspecified atom stereocenters. The van der Waals surface area contributed by atoms with Crippen LogP contribution in [-0.2, 0) is 11.2 Å². The predicted octanol–water partition coefficient (Wildman–Crippen LogP) is 4.17. The number of likely N-dealkylation sites (tertiary alicyclic amines) is 1. The Hall–Kier alpha value is -2.44. The Morgan fingerprint density at radius 1 is 1.11 bits per heavy atom. The summed E-state index contributed by atoms with van der Waals surface area (Å²) >= 11 is 11.8. The largest absolute Gasteiger partial charge is 0.487 e. The lowest BCUT2D eigenvalue weighted by atomic mass is 10.0. The number of carbonyl (C=O) groups is 2. The van der Waals surface area contributed by atoms with Gasteiger partial charge in [-0.25, -0.2) is 4.79 Å². The van der Waals surface area contributed by atoms with E-state index in [0.29, 0.717) is 41.7 Å². The number of benzene rings is 2. The molecule has 6 nitrogen and oxygen atoms in total. The van der Waals surface area contributed by atoms with Crippen molar-refractivity contribution in [2.24, 2.45) is 0 Å². The summed E-state index contributed by atoms with van der Waals surface area (Å²) in [6.45, 7) is 1.00. The second-order valence-corrected chi connectivity index (χ2v) is 7.39. The van der Waals surface area contributed by atoms with Crippen LogP contribution in [0.1, 0.15) is 12.0 Å². The minimum Gasteiger partial charge on any atom is -0.487 e. The van der Waals surface area contributed by atoms with Gasteiger partial charge in [-0.1, -0.05) is 23.2 Å². The van der Waals surface area contributed by atoms with Gasteiger partial charge in [0, 0.05) is 17.8 Å². The fraction of sp³-hybridized carbons (Fsp3) is 0.263. The lowest BCUT2D eigenvalue weighted by molar-refractivity contribution is -0.116. The van der Waals surface area contributed by atoms with E-state index in [1.807, 2.05) is 18.2 Å². The molecular formula is C19H17Cl2N3O3. The van der Waals surface area contributed by atoms with Crippen molar-refractivity contribution in [2.45, 2.75) is 18.9 Å². The Bertz CT molecular complexity index is 913. The number of hydrogen-bond donors (Lipinski definition) is 2. The van der Waals surface area contributed by atoms with Crippen molar-refractivity contribution < 1.29 is 14.3 Å². The Kier molecular flexibility index (Phi) is 4.85. The summed E-state index contributed by atoms with van der Waals surface area (Å²) < 4.78 is 5.94. The highest BCUT2D eigenvalue weighted by molar-refractivity contribution is 6.42. The van der Waals surface area contributed by atoms with Gasteiger partial charge in [0.25, 0.3) is 0 Å². The first-order chi connectivity index (χ1) is 13.0. The summed E-state index contributed by atoms with van der Waals surface area (Å²) in [4.78, 5) is 25.3. The van der Waals surface area contributed by atoms with Crippen LogP contribution in [0.2, 0.25) is 10.0 Å². The van der Waals surface area contributed by atoms with Crippen LogP contribution < -0.4 is 15.4 Å². The molecule has 2 aromatic rings. The van der Waals surface area contributed by atoms with Crippen LogP contribution in [0, 0.1) is 0 Å². The third-order valence-electron chi connectivity index (χ3n) is 4.58. The monoisotopic (exact) mass is 405 g/mol. The molecule has 0 atom stereocenters. The zero-order valence-corrected chi connectivity index (χ0v) is 15.8. The molecule has 2 aromatic carbocycles. The zero-order valence-electron chi connectivity index (χ0n) is 14.3. The number of hydrogen-bond acceptors (Lipinski definition) is 3. The molecule has 1 fully saturated rings. The van der Waals surface area contributed by atoms with Gasteiger partial charge in [0.15, 0.2) is 0 Å². The molecule has 0 radical (unpaired) electrons. The van der Waals surface area contributed by atoms with Crippen molar-refractivity contribution in [3.8, 4) is 5.75 Å². The van der Waals surface area contributed by atoms with Crippen LogP contribution in [0.3, 0.4) is 0 Å². The highest BCUT2D eigenvalue weighted by atomic mass is 35.5. The van der Waals surface area contributed by atoms with Crippen LogP contribution in [0.15, 0.2) is 36.4 Å². The average molecular weight is 406 g/mol. The molecule has 0 aromatic heterocycles. The maximum absolute atomic E-state index is 12.3. The Morgan fingerprint density at radius 2 is 1.93 bits per heavy atom. The van der Waals surface area contributed by atoms with Crippen molar-refractivity contribution in [1.29, 1.82) is 0 Å². The van der Waals surface area contributed by atoms with Gasteiger partial charge in [0.05, 0.1) is 23.1 Å². The summed E-state index contributed by atoms with van der Waals surface area (Å²) in [6, 6.07) is 10.4. The molecule has 27 heavy (non-hydrogen) atoms. The van der Waals surface area contributed by atoms with Crippen LogP contribution in [-0.4, -0.2) is 36.0 Å². The van der Waals surface area contributed by atoms with Gasteiger partial charge in [-0.05, 0) is 48.4 Å². The maximum atomic E-state index is 12.3. The van der Waals surface area contributed by atoms with E-state index < -0.39 is 0 Å². The summed E-state index contributed by atoms with van der Waals surface area (Å²) in [5.41, 5.74) is 2.51. The molecule has 2 N–H and O–H groups in total. The molecule has 8 heteroatoms. The number of fused-ring (bicyclic) bond motifs is 1. The van der Waals surface area contributed by atoms with E-state index in [2.05, 4.69) is 10.6 Å². The van der Waals surface area contributed by atoms with Crippen molar-refractivity contribution in [1.82, 2.24) is 4.90 Å². The van der Waals surface area contributed by atoms with Crippen molar-refractivity contribution in [3.63, 3.8) is 0 Å². The van der Waals surface area contributed by atoms with Crippen molar-refractivity contribution in [3.05, 3.63) is 52.0 Å². The lowest BCUT2D eigenvalue weighted by Crippen LogP contribution is -2.57. The molecule has 0 saturated carbocycles. The number of aryl methyl sites for hydroxylation is 1. The van der Waals surface area contributed by atoms with Gasteiger partial charge >= 0.3 is 6.03 Å². The Morgan fingerprint density at radius 3 is 2.70 bits per heavy atom. The van der Waals surface area contributed by atoms with Crippen molar-refractivity contribution >= 4 is 46.5 Å². The first-order valence-corrected chi connectivity index (χ1v) is 9.34. The van der Waals surface area contributed by atoms with Crippen molar-refractivity contribution in [2.75, 3.05) is 23.7 Å². The highest BCUT2D eigenvalue weighted by Gasteiger charge is 2.32. The van der Waals surface area contributed by atoms with Gasteiger partial charge in [-0.15, -0.1) is 0 Å². The van der Waals surface area contributed by atoms with E-state index in [1.165, 1.54) is 0 Å². The van der Waals surface area contributed by atoms with Gasteiger partial charge in [0.1, 0.15) is 11.9 Å². The molecule has 2 aliphatic heterocycles. The third-order valence-corrected chi connectivity index (χ3v) is 5.32. The number of nitrogens with one attached hydrogen (secondary N) is 2. The summed E-state index contributed by atoms with van der Waals surface area (Å²) in [5.74, 6) is 0.790. The maximum Gasteiger partial charge on any atom is 0.322 e. The van der Waals surface area contributed by atoms with Gasteiger partial charge in [0.2, 0.25) is 5.91 Å². The van der Waals surface area contributed by atoms with Crippen LogP contribution >= 0.6 is 23.2 Å². The Labute approximate surface area is 166 Å². The van der Waals surface area contributed by atoms with Crippen LogP contribution in [0.5, 0.6) is 5.75 Å². The number of nitrogens with zero attached hydrogens (tertiary/aromatic N) is 1. The van der Waals surface area contributed by atoms with Gasteiger partial charge < -0.3 is 20.3 Å². The number of amides is 3. The number of rotatable bonds is 3. The minimum atomic E-state index is -0.207. The third kappa shape index (κ3) is 3.96. The Balaban J connectivity index is 1.30. The van der Waals surface area contributed by atoms with Crippen LogP contribution in [0.4, 0.5) is 16.2 Å². The molecule has 0 bridgehead atoms. The molecule has 2 aliphatic rings. The van der Waals surface area contributed by atoms with E-state index in [9.17, 15) is 9.59 Å². The molecule has 140 valence electrons. The zero-order chi connectivity index (χ0) is 19.0. The predicted molar refractivity (Wildman–Crippen MR) is 105 cm³/mol. The smallest absolute Gasteiger partial charge is 0.322 e. The molecule has 2 heterocycles. The molecule has 0 spiro atoms. The highest BCUT2D eigenvalue weighted by Crippen LogP contribution is 2.29. The normalized spacial score (nSPS) is 16.2. The standard InChI is InChI=1S/C19H17Cl2N3O3/c20-15-4-2-12(8-16(15)21)22-19(26)24-9-14(10-24)27-13-3-5-17-11(7-13)1-6-18(25)23-17/h2-5,7-8,14H,1,6,9-10H2,(H,22,26)(H,23,25). The van der Waals surface area contributed by atoms with E-state index in [-0.39, 0.29) is 18.0 Å². The van der Waals surface area contributed by atoms with Crippen LogP contribution in [0.25, 0.3) is 0 Å². The second-order valence-electron chi connectivity index (χ2n) is 6.57. The average Bonchev–Trinajstić information content (AvgIpc) is 2.61. The number of ether oxygens (including phenoxy) is 1. The summed E-state index contributed by atoms with van der Waals surface area (Å²) in [7, 11) is 0. The number of anilines is 2. The number of urea groups is 1. The molecular weight excluding hydrogens is 389 g/mol. The SMILES string of the molecule is O=C1CCc2cc(OC3CN(C(=O)Nc4ccc(Cl)c(Cl)c4)C3)ccc2N1. The van der Waals surface area contributed by atoms with Gasteiger partial charge in [-0.2, -0.15) is 0 Å². The first kappa shape index (κ1) is 17.9. The lowest BCUT2D eigenvalue weighted by Gasteiger charge is -2.39. The molecule has 3 amide bonds. The van der Waals surface area contributed by atoms with E-state index in [1.54, 1.807) is 23.1 Å². The summed E-state index contributed by atoms with van der Waals surface area (Å²) in [5, 5.41) is 6.47. The number of halogens is 2. The fourth-order valence-electron chi connectivity index (χ4n) is 3.08. The number of carbonyl (C=O) groups excluding carboxylic acids is 2. The topological polar surface area (TPSA) is 70.7 Å². The first-order valence-electron chi connectivity index (χ1n) is 8.58. The molecule has 0 aliphatic carbocycles. The van der Waals surface area contributed by atoms with E-state index in [0.717, 1.165) is 17.0 Å². The van der Waals surface area contributed by atoms with E-state index in [4.69, 9.17) is 27.9 Å². The van der Waals surface area contributed by atoms with Gasteiger partial charge in [-0.3, -0.25) is 4.79 Å². The second kappa shape index (κ2) is 7.29.